The third kappa shape index (κ3) is 3.67. The van der Waals surface area contributed by atoms with Crippen LogP contribution in [0.15, 0.2) is 41.6 Å². The molecule has 1 amide bonds. The molecule has 1 aromatic carbocycles. The first-order valence-corrected chi connectivity index (χ1v) is 6.63. The van der Waals surface area contributed by atoms with Gasteiger partial charge in [-0.05, 0) is 24.3 Å². The number of aromatic nitrogens is 1. The van der Waals surface area contributed by atoms with E-state index in [0.717, 1.165) is 30.0 Å². The lowest BCUT2D eigenvalue weighted by atomic mass is 10.3. The third-order valence-corrected chi connectivity index (χ3v) is 3.36. The third-order valence-electron chi connectivity index (χ3n) is 2.34. The normalized spacial score (nSPS) is 10.3. The Morgan fingerprint density at radius 3 is 2.90 bits per heavy atom. The minimum absolute atomic E-state index is 0.00281. The van der Waals surface area contributed by atoms with Crippen LogP contribution in [-0.4, -0.2) is 16.6 Å². The number of amides is 1. The highest BCUT2D eigenvalue weighted by molar-refractivity contribution is 8.00. The molecule has 0 atom stereocenters. The number of halogens is 2. The summed E-state index contributed by atoms with van der Waals surface area (Å²) in [6, 6.07) is 6.21. The van der Waals surface area contributed by atoms with Crippen molar-refractivity contribution in [2.75, 3.05) is 16.8 Å². The van der Waals surface area contributed by atoms with Gasteiger partial charge in [0.1, 0.15) is 16.7 Å². The molecule has 0 radical (unpaired) electrons. The molecule has 0 unspecified atom stereocenters. The van der Waals surface area contributed by atoms with Gasteiger partial charge >= 0.3 is 0 Å². The van der Waals surface area contributed by atoms with Gasteiger partial charge in [0.15, 0.2) is 0 Å². The molecule has 1 heterocycles. The van der Waals surface area contributed by atoms with Gasteiger partial charge < -0.3 is 11.1 Å². The largest absolute Gasteiger partial charge is 0.397 e. The zero-order valence-corrected chi connectivity index (χ0v) is 11.1. The number of hydrogen-bond acceptors (Lipinski definition) is 4. The molecule has 20 heavy (non-hydrogen) atoms. The number of rotatable bonds is 4. The van der Waals surface area contributed by atoms with E-state index in [-0.39, 0.29) is 11.4 Å². The summed E-state index contributed by atoms with van der Waals surface area (Å²) in [5.74, 6) is -1.79. The highest BCUT2D eigenvalue weighted by Crippen LogP contribution is 2.22. The molecule has 0 saturated heterocycles. The Labute approximate surface area is 118 Å². The predicted octanol–water partition coefficient (Wildman–Crippen LogP) is 2.67. The van der Waals surface area contributed by atoms with Crippen molar-refractivity contribution in [2.24, 2.45) is 0 Å². The topological polar surface area (TPSA) is 68.0 Å². The maximum absolute atomic E-state index is 13.3. The minimum atomic E-state index is -0.692. The summed E-state index contributed by atoms with van der Waals surface area (Å²) in [4.78, 5) is 15.7. The van der Waals surface area contributed by atoms with Crippen LogP contribution in [0.4, 0.5) is 20.2 Å². The highest BCUT2D eigenvalue weighted by Gasteiger charge is 2.10. The van der Waals surface area contributed by atoms with Crippen molar-refractivity contribution in [2.45, 2.75) is 5.03 Å². The fraction of sp³-hybridized carbons (Fsp3) is 0.0769. The van der Waals surface area contributed by atoms with E-state index < -0.39 is 17.5 Å². The van der Waals surface area contributed by atoms with E-state index in [4.69, 9.17) is 5.73 Å². The Balaban J connectivity index is 1.96. The second-order valence-electron chi connectivity index (χ2n) is 3.86. The van der Waals surface area contributed by atoms with Crippen LogP contribution in [0.2, 0.25) is 0 Å². The quantitative estimate of drug-likeness (QED) is 0.851. The van der Waals surface area contributed by atoms with Gasteiger partial charge in [-0.2, -0.15) is 0 Å². The number of benzene rings is 1. The van der Waals surface area contributed by atoms with Crippen molar-refractivity contribution < 1.29 is 13.6 Å². The van der Waals surface area contributed by atoms with Crippen LogP contribution in [-0.2, 0) is 4.79 Å². The van der Waals surface area contributed by atoms with Crippen LogP contribution in [0.3, 0.4) is 0 Å². The number of hydrogen-bond donors (Lipinski definition) is 2. The van der Waals surface area contributed by atoms with Crippen LogP contribution in [0.5, 0.6) is 0 Å². The summed E-state index contributed by atoms with van der Waals surface area (Å²) in [6.45, 7) is 0. The van der Waals surface area contributed by atoms with Crippen LogP contribution in [0, 0.1) is 11.6 Å². The lowest BCUT2D eigenvalue weighted by Crippen LogP contribution is -2.15. The zero-order valence-electron chi connectivity index (χ0n) is 10.3. The lowest BCUT2D eigenvalue weighted by molar-refractivity contribution is -0.113. The number of thioether (sulfide) groups is 1. The van der Waals surface area contributed by atoms with Gasteiger partial charge in [-0.3, -0.25) is 4.79 Å². The molecule has 2 rings (SSSR count). The van der Waals surface area contributed by atoms with Crippen LogP contribution >= 0.6 is 11.8 Å². The van der Waals surface area contributed by atoms with Gasteiger partial charge in [0.05, 0.1) is 17.1 Å². The smallest absolute Gasteiger partial charge is 0.234 e. The first-order valence-electron chi connectivity index (χ1n) is 5.64. The Kier molecular flexibility index (Phi) is 4.52. The van der Waals surface area contributed by atoms with E-state index in [0.29, 0.717) is 10.7 Å². The average molecular weight is 295 g/mol. The SMILES string of the molecule is Nc1cccnc1SCC(=O)Nc1cc(F)ccc1F. The van der Waals surface area contributed by atoms with Crippen molar-refractivity contribution in [1.82, 2.24) is 4.98 Å². The standard InChI is InChI=1S/C13H11F2N3OS/c14-8-3-4-9(15)11(6-8)18-12(19)7-20-13-10(16)2-1-5-17-13/h1-6H,7,16H2,(H,18,19). The summed E-state index contributed by atoms with van der Waals surface area (Å²) >= 11 is 1.12. The number of carbonyl (C=O) groups excluding carboxylic acids is 1. The van der Waals surface area contributed by atoms with E-state index in [1.807, 2.05) is 0 Å². The van der Waals surface area contributed by atoms with Gasteiger partial charge in [0, 0.05) is 12.3 Å². The second-order valence-corrected chi connectivity index (χ2v) is 4.82. The molecule has 7 heteroatoms. The number of pyridine rings is 1. The number of nitrogens with one attached hydrogen (secondary N) is 1. The molecule has 0 aliphatic rings. The van der Waals surface area contributed by atoms with E-state index in [2.05, 4.69) is 10.3 Å². The molecule has 0 aliphatic heterocycles. The van der Waals surface area contributed by atoms with Crippen LogP contribution in [0.25, 0.3) is 0 Å². The van der Waals surface area contributed by atoms with Gasteiger partial charge in [-0.15, -0.1) is 0 Å². The van der Waals surface area contributed by atoms with Crippen LogP contribution < -0.4 is 11.1 Å². The number of anilines is 2. The molecule has 0 fully saturated rings. The number of nitrogen functional groups attached to an aromatic ring is 1. The first kappa shape index (κ1) is 14.3. The summed E-state index contributed by atoms with van der Waals surface area (Å²) in [6.07, 6.45) is 1.56. The molecule has 3 N–H and O–H groups in total. The Morgan fingerprint density at radius 1 is 1.35 bits per heavy atom. The average Bonchev–Trinajstić information content (AvgIpc) is 2.42. The molecule has 4 nitrogen and oxygen atoms in total. The number of nitrogens with zero attached hydrogens (tertiary/aromatic N) is 1. The first-order chi connectivity index (χ1) is 9.56. The van der Waals surface area contributed by atoms with Crippen LogP contribution in [0.1, 0.15) is 0 Å². The summed E-state index contributed by atoms with van der Waals surface area (Å²) in [5.41, 5.74) is 5.95. The molecule has 2 aromatic rings. The molecular formula is C13H11F2N3OS. The predicted molar refractivity (Wildman–Crippen MR) is 74.4 cm³/mol. The van der Waals surface area contributed by atoms with E-state index in [1.54, 1.807) is 18.3 Å². The van der Waals surface area contributed by atoms with Gasteiger partial charge in [-0.1, -0.05) is 11.8 Å². The molecule has 0 bridgehead atoms. The van der Waals surface area contributed by atoms with Crippen molar-refractivity contribution in [3.63, 3.8) is 0 Å². The molecular weight excluding hydrogens is 284 g/mol. The van der Waals surface area contributed by atoms with Crippen molar-refractivity contribution in [1.29, 1.82) is 0 Å². The second kappa shape index (κ2) is 6.33. The molecule has 104 valence electrons. The Morgan fingerprint density at radius 2 is 2.15 bits per heavy atom. The maximum Gasteiger partial charge on any atom is 0.234 e. The molecule has 0 aliphatic carbocycles. The summed E-state index contributed by atoms with van der Waals surface area (Å²) in [5, 5.41) is 2.81. The Hall–Kier alpha value is -2.15. The summed E-state index contributed by atoms with van der Waals surface area (Å²) < 4.78 is 26.3. The molecule has 0 spiro atoms. The number of carbonyl (C=O) groups is 1. The van der Waals surface area contributed by atoms with Gasteiger partial charge in [0.25, 0.3) is 0 Å². The fourth-order valence-electron chi connectivity index (χ4n) is 1.44. The highest BCUT2D eigenvalue weighted by atomic mass is 32.2. The number of nitrogens with two attached hydrogens (primary N) is 1. The van der Waals surface area contributed by atoms with E-state index in [9.17, 15) is 13.6 Å². The van der Waals surface area contributed by atoms with E-state index in [1.165, 1.54) is 0 Å². The Bertz CT molecular complexity index is 637. The zero-order chi connectivity index (χ0) is 14.5. The van der Waals surface area contributed by atoms with Gasteiger partial charge in [0.2, 0.25) is 5.91 Å². The van der Waals surface area contributed by atoms with E-state index >= 15 is 0 Å². The van der Waals surface area contributed by atoms with Crippen molar-refractivity contribution in [3.8, 4) is 0 Å². The summed E-state index contributed by atoms with van der Waals surface area (Å²) in [7, 11) is 0. The lowest BCUT2D eigenvalue weighted by Gasteiger charge is -2.07. The maximum atomic E-state index is 13.3. The monoisotopic (exact) mass is 295 g/mol. The van der Waals surface area contributed by atoms with Crippen molar-refractivity contribution in [3.05, 3.63) is 48.2 Å². The molecule has 1 aromatic heterocycles. The van der Waals surface area contributed by atoms with Crippen molar-refractivity contribution >= 4 is 29.0 Å². The molecule has 0 saturated carbocycles. The minimum Gasteiger partial charge on any atom is -0.397 e. The van der Waals surface area contributed by atoms with Gasteiger partial charge in [-0.25, -0.2) is 13.8 Å². The fourth-order valence-corrected chi connectivity index (χ4v) is 2.15.